The minimum atomic E-state index is -0.144. The standard InChI is InChI=1S/C15H18N2O2/c1-3-10-17(11-12-4-5-12)15(18)16-13-6-8-14(19-2)9-7-13/h1,6-9,12H,4-5,10-11H2,2H3,(H,16,18). The number of urea groups is 1. The molecule has 0 unspecified atom stereocenters. The summed E-state index contributed by atoms with van der Waals surface area (Å²) in [5.41, 5.74) is 0.739. The van der Waals surface area contributed by atoms with Crippen LogP contribution in [0.1, 0.15) is 12.8 Å². The number of benzene rings is 1. The molecule has 2 rings (SSSR count). The molecule has 0 radical (unpaired) electrons. The minimum absolute atomic E-state index is 0.144. The van der Waals surface area contributed by atoms with Gasteiger partial charge in [-0.25, -0.2) is 4.79 Å². The lowest BCUT2D eigenvalue weighted by Gasteiger charge is -2.20. The van der Waals surface area contributed by atoms with Crippen LogP contribution in [0.4, 0.5) is 10.5 Å². The molecule has 4 nitrogen and oxygen atoms in total. The van der Waals surface area contributed by atoms with Gasteiger partial charge in [0.1, 0.15) is 5.75 Å². The molecule has 1 aliphatic rings. The summed E-state index contributed by atoms with van der Waals surface area (Å²) >= 11 is 0. The molecule has 1 N–H and O–H groups in total. The number of anilines is 1. The largest absolute Gasteiger partial charge is 0.497 e. The number of nitrogens with zero attached hydrogens (tertiary/aromatic N) is 1. The van der Waals surface area contributed by atoms with Gasteiger partial charge < -0.3 is 15.0 Å². The van der Waals surface area contributed by atoms with E-state index in [0.29, 0.717) is 12.5 Å². The van der Waals surface area contributed by atoms with Crippen molar-refractivity contribution in [1.29, 1.82) is 0 Å². The van der Waals surface area contributed by atoms with Gasteiger partial charge in [-0.1, -0.05) is 5.92 Å². The first-order valence-corrected chi connectivity index (χ1v) is 6.36. The molecule has 1 aliphatic carbocycles. The monoisotopic (exact) mass is 258 g/mol. The summed E-state index contributed by atoms with van der Waals surface area (Å²) in [4.78, 5) is 13.8. The van der Waals surface area contributed by atoms with Gasteiger partial charge in [-0.2, -0.15) is 0 Å². The van der Waals surface area contributed by atoms with Crippen molar-refractivity contribution < 1.29 is 9.53 Å². The predicted octanol–water partition coefficient (Wildman–Crippen LogP) is 2.57. The van der Waals surface area contributed by atoms with Crippen LogP contribution in [-0.2, 0) is 0 Å². The first-order chi connectivity index (χ1) is 9.22. The van der Waals surface area contributed by atoms with Crippen LogP contribution in [0.15, 0.2) is 24.3 Å². The number of hydrogen-bond acceptors (Lipinski definition) is 2. The quantitative estimate of drug-likeness (QED) is 0.825. The van der Waals surface area contributed by atoms with Crippen LogP contribution in [-0.4, -0.2) is 31.1 Å². The Kier molecular flexibility index (Phi) is 4.30. The van der Waals surface area contributed by atoms with E-state index in [1.54, 1.807) is 12.0 Å². The van der Waals surface area contributed by atoms with E-state index < -0.39 is 0 Å². The van der Waals surface area contributed by atoms with Gasteiger partial charge in [-0.3, -0.25) is 0 Å². The highest BCUT2D eigenvalue weighted by molar-refractivity contribution is 5.89. The van der Waals surface area contributed by atoms with E-state index in [1.807, 2.05) is 24.3 Å². The van der Waals surface area contributed by atoms with Gasteiger partial charge in [0.2, 0.25) is 0 Å². The Bertz CT molecular complexity index is 472. The Morgan fingerprint density at radius 3 is 2.68 bits per heavy atom. The first-order valence-electron chi connectivity index (χ1n) is 6.36. The van der Waals surface area contributed by atoms with E-state index in [-0.39, 0.29) is 6.03 Å². The van der Waals surface area contributed by atoms with Crippen LogP contribution >= 0.6 is 0 Å². The highest BCUT2D eigenvalue weighted by Crippen LogP contribution is 2.29. The third kappa shape index (κ3) is 3.92. The molecule has 0 aliphatic heterocycles. The van der Waals surface area contributed by atoms with Gasteiger partial charge in [-0.15, -0.1) is 6.42 Å². The molecule has 2 amide bonds. The molecule has 100 valence electrons. The summed E-state index contributed by atoms with van der Waals surface area (Å²) in [6.07, 6.45) is 7.69. The Hall–Kier alpha value is -2.15. The van der Waals surface area contributed by atoms with E-state index in [4.69, 9.17) is 11.2 Å². The lowest BCUT2D eigenvalue weighted by atomic mass is 10.3. The van der Waals surface area contributed by atoms with E-state index in [9.17, 15) is 4.79 Å². The zero-order chi connectivity index (χ0) is 13.7. The number of nitrogens with one attached hydrogen (secondary N) is 1. The average Bonchev–Trinajstić information content (AvgIpc) is 3.23. The van der Waals surface area contributed by atoms with Crippen LogP contribution in [0.25, 0.3) is 0 Å². The normalized spacial score (nSPS) is 13.5. The van der Waals surface area contributed by atoms with Crippen molar-refractivity contribution in [2.24, 2.45) is 5.92 Å². The second kappa shape index (κ2) is 6.14. The fraction of sp³-hybridized carbons (Fsp3) is 0.400. The zero-order valence-electron chi connectivity index (χ0n) is 11.1. The first kappa shape index (κ1) is 13.3. The molecule has 19 heavy (non-hydrogen) atoms. The third-order valence-electron chi connectivity index (χ3n) is 3.09. The van der Waals surface area contributed by atoms with Gasteiger partial charge in [0.15, 0.2) is 0 Å². The van der Waals surface area contributed by atoms with Crippen LogP contribution in [0, 0.1) is 18.3 Å². The average molecular weight is 258 g/mol. The van der Waals surface area contributed by atoms with Crippen molar-refractivity contribution in [2.45, 2.75) is 12.8 Å². The van der Waals surface area contributed by atoms with Crippen molar-refractivity contribution in [3.05, 3.63) is 24.3 Å². The SMILES string of the molecule is C#CCN(CC1CC1)C(=O)Nc1ccc(OC)cc1. The minimum Gasteiger partial charge on any atom is -0.497 e. The van der Waals surface area contributed by atoms with Gasteiger partial charge in [-0.05, 0) is 43.0 Å². The second-order valence-electron chi connectivity index (χ2n) is 4.69. The fourth-order valence-corrected chi connectivity index (χ4v) is 1.82. The van der Waals surface area contributed by atoms with Gasteiger partial charge in [0.25, 0.3) is 0 Å². The molecule has 0 heterocycles. The maximum atomic E-state index is 12.1. The molecule has 1 saturated carbocycles. The number of amides is 2. The van der Waals surface area contributed by atoms with Crippen LogP contribution in [0.2, 0.25) is 0 Å². The Labute approximate surface area is 113 Å². The molecular formula is C15H18N2O2. The van der Waals surface area contributed by atoms with E-state index in [0.717, 1.165) is 18.0 Å². The van der Waals surface area contributed by atoms with Crippen molar-refractivity contribution in [2.75, 3.05) is 25.5 Å². The molecule has 0 bridgehead atoms. The molecule has 1 aromatic carbocycles. The number of hydrogen-bond donors (Lipinski definition) is 1. The molecule has 1 fully saturated rings. The highest BCUT2D eigenvalue weighted by atomic mass is 16.5. The van der Waals surface area contributed by atoms with E-state index >= 15 is 0 Å². The second-order valence-corrected chi connectivity index (χ2v) is 4.69. The summed E-state index contributed by atoms with van der Waals surface area (Å²) in [5.74, 6) is 3.91. The summed E-state index contributed by atoms with van der Waals surface area (Å²) in [6.45, 7) is 1.09. The molecule has 0 aromatic heterocycles. The maximum absolute atomic E-state index is 12.1. The van der Waals surface area contributed by atoms with Crippen LogP contribution in [0.3, 0.4) is 0 Å². The number of carbonyl (C=O) groups is 1. The number of methoxy groups -OCH3 is 1. The highest BCUT2D eigenvalue weighted by Gasteiger charge is 2.26. The Morgan fingerprint density at radius 1 is 1.47 bits per heavy atom. The maximum Gasteiger partial charge on any atom is 0.322 e. The summed E-state index contributed by atoms with van der Waals surface area (Å²) in [6, 6.07) is 7.09. The lowest BCUT2D eigenvalue weighted by Crippen LogP contribution is -2.36. The third-order valence-corrected chi connectivity index (χ3v) is 3.09. The summed E-state index contributed by atoms with van der Waals surface area (Å²) in [5, 5.41) is 2.85. The number of terminal acetylenes is 1. The van der Waals surface area contributed by atoms with Crippen molar-refractivity contribution in [3.63, 3.8) is 0 Å². The van der Waals surface area contributed by atoms with Crippen molar-refractivity contribution in [1.82, 2.24) is 4.90 Å². The molecule has 0 spiro atoms. The molecule has 1 aromatic rings. The Morgan fingerprint density at radius 2 is 2.16 bits per heavy atom. The number of ether oxygens (including phenoxy) is 1. The van der Waals surface area contributed by atoms with Gasteiger partial charge in [0.05, 0.1) is 13.7 Å². The van der Waals surface area contributed by atoms with Crippen LogP contribution < -0.4 is 10.1 Å². The van der Waals surface area contributed by atoms with Crippen molar-refractivity contribution in [3.8, 4) is 18.1 Å². The smallest absolute Gasteiger partial charge is 0.322 e. The van der Waals surface area contributed by atoms with Gasteiger partial charge in [0, 0.05) is 12.2 Å². The Balaban J connectivity index is 1.94. The van der Waals surface area contributed by atoms with E-state index in [1.165, 1.54) is 12.8 Å². The van der Waals surface area contributed by atoms with E-state index in [2.05, 4.69) is 11.2 Å². The predicted molar refractivity (Wildman–Crippen MR) is 75.1 cm³/mol. The molecule has 0 atom stereocenters. The van der Waals surface area contributed by atoms with Crippen LogP contribution in [0.5, 0.6) is 5.75 Å². The zero-order valence-corrected chi connectivity index (χ0v) is 11.1. The number of carbonyl (C=O) groups excluding carboxylic acids is 1. The summed E-state index contributed by atoms with van der Waals surface area (Å²) in [7, 11) is 1.61. The molecule has 4 heteroatoms. The fourth-order valence-electron chi connectivity index (χ4n) is 1.82. The lowest BCUT2D eigenvalue weighted by molar-refractivity contribution is 0.216. The van der Waals surface area contributed by atoms with Gasteiger partial charge >= 0.3 is 6.03 Å². The molecular weight excluding hydrogens is 240 g/mol. The number of rotatable bonds is 5. The van der Waals surface area contributed by atoms with Crippen molar-refractivity contribution >= 4 is 11.7 Å². The summed E-state index contributed by atoms with van der Waals surface area (Å²) < 4.78 is 5.07. The topological polar surface area (TPSA) is 41.6 Å². The molecule has 0 saturated heterocycles.